The highest BCUT2D eigenvalue weighted by Gasteiger charge is 2.12. The summed E-state index contributed by atoms with van der Waals surface area (Å²) in [6.07, 6.45) is 3.65. The van der Waals surface area contributed by atoms with Crippen LogP contribution in [0.4, 0.5) is 0 Å². The Morgan fingerprint density at radius 1 is 1.33 bits per heavy atom. The van der Waals surface area contributed by atoms with Gasteiger partial charge in [0.2, 0.25) is 0 Å². The third-order valence-electron chi connectivity index (χ3n) is 2.70. The monoisotopic (exact) mass is 327 g/mol. The van der Waals surface area contributed by atoms with Crippen molar-refractivity contribution in [3.05, 3.63) is 23.1 Å². The molecule has 0 aliphatic heterocycles. The predicted octanol–water partition coefficient (Wildman–Crippen LogP) is 3.51. The summed E-state index contributed by atoms with van der Waals surface area (Å²) in [5, 5.41) is 5.39. The summed E-state index contributed by atoms with van der Waals surface area (Å²) in [5.74, 6) is 0. The van der Waals surface area contributed by atoms with Crippen LogP contribution in [0.5, 0.6) is 0 Å². The molecule has 0 bridgehead atoms. The van der Waals surface area contributed by atoms with E-state index in [0.29, 0.717) is 6.73 Å². The van der Waals surface area contributed by atoms with Crippen molar-refractivity contribution in [3.8, 4) is 0 Å². The maximum atomic E-state index is 5.69. The fourth-order valence-electron chi connectivity index (χ4n) is 1.58. The Morgan fingerprint density at radius 2 is 2.11 bits per heavy atom. The Kier molecular flexibility index (Phi) is 4.19. The number of halogens is 1. The van der Waals surface area contributed by atoms with Gasteiger partial charge in [-0.05, 0) is 28.0 Å². The first-order valence-corrected chi connectivity index (χ1v) is 10.5. The maximum absolute atomic E-state index is 5.69. The van der Waals surface area contributed by atoms with Crippen LogP contribution < -0.4 is 0 Å². The molecule has 0 aromatic carbocycles. The molecule has 0 atom stereocenters. The van der Waals surface area contributed by atoms with Gasteiger partial charge in [-0.2, -0.15) is 5.10 Å². The Balaban J connectivity index is 1.96. The van der Waals surface area contributed by atoms with Gasteiger partial charge in [0.1, 0.15) is 11.3 Å². The van der Waals surface area contributed by atoms with Gasteiger partial charge in [-0.1, -0.05) is 19.6 Å². The topological polar surface area (TPSA) is 39.9 Å². The number of hydrogen-bond acceptors (Lipinski definition) is 3. The zero-order valence-corrected chi connectivity index (χ0v) is 13.6. The first kappa shape index (κ1) is 13.7. The van der Waals surface area contributed by atoms with E-state index in [4.69, 9.17) is 4.74 Å². The number of nitrogens with zero attached hydrogens (tertiary/aromatic N) is 3. The maximum Gasteiger partial charge on any atom is 0.140 e. The molecule has 0 unspecified atom stereocenters. The van der Waals surface area contributed by atoms with Crippen LogP contribution in [0.25, 0.3) is 10.9 Å². The summed E-state index contributed by atoms with van der Waals surface area (Å²) < 4.78 is 8.36. The van der Waals surface area contributed by atoms with Gasteiger partial charge >= 0.3 is 0 Å². The number of pyridine rings is 1. The molecule has 0 saturated carbocycles. The highest BCUT2D eigenvalue weighted by atomic mass is 79.9. The zero-order chi connectivity index (χ0) is 13.2. The van der Waals surface area contributed by atoms with E-state index in [9.17, 15) is 0 Å². The molecule has 0 fully saturated rings. The van der Waals surface area contributed by atoms with Crippen molar-refractivity contribution in [1.29, 1.82) is 0 Å². The first-order chi connectivity index (χ1) is 8.46. The molecule has 0 aliphatic carbocycles. The molecular weight excluding hydrogens is 310 g/mol. The summed E-state index contributed by atoms with van der Waals surface area (Å²) in [7, 11) is -1.01. The second kappa shape index (κ2) is 5.50. The Hall–Kier alpha value is -0.723. The molecule has 2 rings (SSSR count). The molecule has 0 aliphatic rings. The molecule has 0 amide bonds. The summed E-state index contributed by atoms with van der Waals surface area (Å²) in [6, 6.07) is 3.14. The van der Waals surface area contributed by atoms with Crippen LogP contribution in [-0.2, 0) is 11.5 Å². The molecule has 2 aromatic heterocycles. The summed E-state index contributed by atoms with van der Waals surface area (Å²) in [6.45, 7) is 8.35. The lowest BCUT2D eigenvalue weighted by molar-refractivity contribution is 0.0816. The lowest BCUT2D eigenvalue weighted by atomic mass is 10.3. The third-order valence-corrected chi connectivity index (χ3v) is 4.84. The lowest BCUT2D eigenvalue weighted by Crippen LogP contribution is -2.22. The lowest BCUT2D eigenvalue weighted by Gasteiger charge is -2.15. The van der Waals surface area contributed by atoms with Gasteiger partial charge in [0.05, 0.1) is 17.9 Å². The Morgan fingerprint density at radius 3 is 2.83 bits per heavy atom. The van der Waals surface area contributed by atoms with E-state index in [-0.39, 0.29) is 0 Å². The SMILES string of the molecule is C[Si](C)(C)CCOCn1ncc2cc(Br)ncc21. The highest BCUT2D eigenvalue weighted by Crippen LogP contribution is 2.17. The first-order valence-electron chi connectivity index (χ1n) is 6.00. The molecule has 4 nitrogen and oxygen atoms in total. The van der Waals surface area contributed by atoms with Crippen molar-refractivity contribution >= 4 is 34.9 Å². The molecule has 18 heavy (non-hydrogen) atoms. The van der Waals surface area contributed by atoms with E-state index in [1.807, 2.05) is 23.1 Å². The number of rotatable bonds is 5. The van der Waals surface area contributed by atoms with Crippen molar-refractivity contribution in [2.75, 3.05) is 6.61 Å². The number of aromatic nitrogens is 3. The molecule has 6 heteroatoms. The molecule has 0 radical (unpaired) electrons. The number of hydrogen-bond donors (Lipinski definition) is 0. The molecule has 0 saturated heterocycles. The summed E-state index contributed by atoms with van der Waals surface area (Å²) in [5.41, 5.74) is 1.01. The molecule has 0 spiro atoms. The van der Waals surface area contributed by atoms with Gasteiger partial charge in [-0.3, -0.25) is 0 Å². The largest absolute Gasteiger partial charge is 0.360 e. The molecule has 2 aromatic rings. The Labute approximate surface area is 116 Å². The number of ether oxygens (including phenoxy) is 1. The van der Waals surface area contributed by atoms with Crippen molar-refractivity contribution in [3.63, 3.8) is 0 Å². The molecule has 2 heterocycles. The van der Waals surface area contributed by atoms with E-state index in [1.54, 1.807) is 0 Å². The van der Waals surface area contributed by atoms with Gasteiger partial charge in [0.25, 0.3) is 0 Å². The fraction of sp³-hybridized carbons (Fsp3) is 0.500. The van der Waals surface area contributed by atoms with Crippen LogP contribution in [0.2, 0.25) is 25.7 Å². The number of fused-ring (bicyclic) bond motifs is 1. The normalized spacial score (nSPS) is 12.2. The van der Waals surface area contributed by atoms with E-state index in [0.717, 1.165) is 22.1 Å². The van der Waals surface area contributed by atoms with E-state index in [2.05, 4.69) is 45.7 Å². The quantitative estimate of drug-likeness (QED) is 0.479. The van der Waals surface area contributed by atoms with E-state index >= 15 is 0 Å². The van der Waals surface area contributed by atoms with Crippen LogP contribution >= 0.6 is 15.9 Å². The van der Waals surface area contributed by atoms with Gasteiger partial charge in [0.15, 0.2) is 0 Å². The van der Waals surface area contributed by atoms with Crippen molar-refractivity contribution in [2.45, 2.75) is 32.4 Å². The second-order valence-electron chi connectivity index (χ2n) is 5.56. The minimum Gasteiger partial charge on any atom is -0.360 e. The standard InChI is InChI=1S/C12H18BrN3OSi/c1-18(2,3)5-4-17-9-16-11-8-14-12(13)6-10(11)7-15-16/h6-8H,4-5,9H2,1-3H3. The van der Waals surface area contributed by atoms with Gasteiger partial charge in [0, 0.05) is 20.1 Å². The van der Waals surface area contributed by atoms with Crippen molar-refractivity contribution in [1.82, 2.24) is 14.8 Å². The molecule has 0 N–H and O–H groups in total. The molecule has 98 valence electrons. The van der Waals surface area contributed by atoms with Crippen LogP contribution in [0.3, 0.4) is 0 Å². The van der Waals surface area contributed by atoms with Gasteiger partial charge in [-0.25, -0.2) is 9.67 Å². The average Bonchev–Trinajstić information content (AvgIpc) is 2.65. The Bertz CT molecular complexity index is 536. The van der Waals surface area contributed by atoms with Crippen LogP contribution in [-0.4, -0.2) is 29.4 Å². The van der Waals surface area contributed by atoms with Gasteiger partial charge < -0.3 is 4.74 Å². The summed E-state index contributed by atoms with van der Waals surface area (Å²) >= 11 is 3.35. The zero-order valence-electron chi connectivity index (χ0n) is 11.0. The van der Waals surface area contributed by atoms with Crippen LogP contribution in [0.1, 0.15) is 0 Å². The second-order valence-corrected chi connectivity index (χ2v) is 12.0. The minimum atomic E-state index is -1.01. The van der Waals surface area contributed by atoms with Crippen molar-refractivity contribution in [2.24, 2.45) is 0 Å². The fourth-order valence-corrected chi connectivity index (χ4v) is 2.69. The smallest absolute Gasteiger partial charge is 0.140 e. The van der Waals surface area contributed by atoms with E-state index in [1.165, 1.54) is 6.04 Å². The predicted molar refractivity (Wildman–Crippen MR) is 79.3 cm³/mol. The van der Waals surface area contributed by atoms with Crippen LogP contribution in [0.15, 0.2) is 23.1 Å². The van der Waals surface area contributed by atoms with Crippen molar-refractivity contribution < 1.29 is 4.74 Å². The van der Waals surface area contributed by atoms with E-state index < -0.39 is 8.07 Å². The third kappa shape index (κ3) is 3.63. The van der Waals surface area contributed by atoms with Gasteiger partial charge in [-0.15, -0.1) is 0 Å². The minimum absolute atomic E-state index is 0.497. The highest BCUT2D eigenvalue weighted by molar-refractivity contribution is 9.10. The summed E-state index contributed by atoms with van der Waals surface area (Å²) in [4.78, 5) is 4.21. The average molecular weight is 328 g/mol. The van der Waals surface area contributed by atoms with Crippen LogP contribution in [0, 0.1) is 0 Å². The molecular formula is C12H18BrN3OSi.